The van der Waals surface area contributed by atoms with Gasteiger partial charge < -0.3 is 14.8 Å². The maximum absolute atomic E-state index is 5.85. The number of hydrogen-bond donors (Lipinski definition) is 1. The maximum atomic E-state index is 5.85. The molecule has 2 aromatic heterocycles. The van der Waals surface area contributed by atoms with Gasteiger partial charge in [0.1, 0.15) is 10.3 Å². The second kappa shape index (κ2) is 9.41. The minimum atomic E-state index is 0.464. The molecule has 0 bridgehead atoms. The number of hydrogen-bond acceptors (Lipinski definition) is 7. The molecule has 0 aliphatic carbocycles. The molecular formula is C22H28N4O2S. The van der Waals surface area contributed by atoms with E-state index in [4.69, 9.17) is 9.47 Å². The van der Waals surface area contributed by atoms with Crippen LogP contribution in [0.15, 0.2) is 36.5 Å². The van der Waals surface area contributed by atoms with Gasteiger partial charge in [-0.2, -0.15) is 0 Å². The first kappa shape index (κ1) is 19.9. The lowest BCUT2D eigenvalue weighted by atomic mass is 10.0. The number of thiazole rings is 1. The van der Waals surface area contributed by atoms with E-state index in [1.54, 1.807) is 18.4 Å². The predicted molar refractivity (Wildman–Crippen MR) is 118 cm³/mol. The van der Waals surface area contributed by atoms with Crippen molar-refractivity contribution in [2.75, 3.05) is 32.1 Å². The Morgan fingerprint density at radius 1 is 1.21 bits per heavy atom. The molecule has 3 aromatic rings. The highest BCUT2D eigenvalue weighted by atomic mass is 32.1. The van der Waals surface area contributed by atoms with Crippen LogP contribution in [-0.4, -0.2) is 47.7 Å². The first-order chi connectivity index (χ1) is 14.2. The molecule has 7 heteroatoms. The Bertz CT molecular complexity index is 904. The van der Waals surface area contributed by atoms with Crippen molar-refractivity contribution in [1.29, 1.82) is 0 Å². The second-order valence-corrected chi connectivity index (χ2v) is 8.35. The minimum absolute atomic E-state index is 0.464. The minimum Gasteiger partial charge on any atom is -0.493 e. The summed E-state index contributed by atoms with van der Waals surface area (Å²) in [4.78, 5) is 12.5. The van der Waals surface area contributed by atoms with Crippen LogP contribution in [0.1, 0.15) is 31.7 Å². The smallest absolute Gasteiger partial charge is 0.185 e. The number of nitrogens with one attached hydrogen (secondary N) is 1. The Labute approximate surface area is 175 Å². The molecule has 1 fully saturated rings. The molecule has 0 spiro atoms. The van der Waals surface area contributed by atoms with Crippen LogP contribution in [-0.2, 0) is 6.54 Å². The van der Waals surface area contributed by atoms with E-state index >= 15 is 0 Å². The highest BCUT2D eigenvalue weighted by molar-refractivity contribution is 7.21. The average Bonchev–Trinajstić information content (AvgIpc) is 3.16. The van der Waals surface area contributed by atoms with Crippen LogP contribution in [0.4, 0.5) is 5.13 Å². The van der Waals surface area contributed by atoms with Crippen molar-refractivity contribution >= 4 is 26.8 Å². The Hall–Kier alpha value is -2.38. The van der Waals surface area contributed by atoms with Crippen molar-refractivity contribution in [3.8, 4) is 11.5 Å². The number of rotatable bonds is 8. The van der Waals surface area contributed by atoms with E-state index in [1.807, 2.05) is 24.4 Å². The van der Waals surface area contributed by atoms with Crippen molar-refractivity contribution in [3.05, 3.63) is 42.1 Å². The molecule has 1 aliphatic heterocycles. The summed E-state index contributed by atoms with van der Waals surface area (Å²) < 4.78 is 11.3. The van der Waals surface area contributed by atoms with E-state index in [0.29, 0.717) is 12.6 Å². The van der Waals surface area contributed by atoms with Crippen LogP contribution >= 0.6 is 11.3 Å². The highest BCUT2D eigenvalue weighted by Crippen LogP contribution is 2.30. The van der Waals surface area contributed by atoms with Crippen LogP contribution in [0, 0.1) is 0 Å². The Kier molecular flexibility index (Phi) is 6.46. The summed E-state index contributed by atoms with van der Waals surface area (Å²) in [5.41, 5.74) is 2.23. The van der Waals surface area contributed by atoms with Gasteiger partial charge in [0.15, 0.2) is 16.6 Å². The number of benzene rings is 1. The van der Waals surface area contributed by atoms with Crippen LogP contribution < -0.4 is 14.8 Å². The molecular weight excluding hydrogens is 384 g/mol. The van der Waals surface area contributed by atoms with E-state index in [-0.39, 0.29) is 0 Å². The zero-order chi connectivity index (χ0) is 20.1. The summed E-state index contributed by atoms with van der Waals surface area (Å²) in [6.45, 7) is 5.89. The molecule has 0 unspecified atom stereocenters. The lowest BCUT2D eigenvalue weighted by molar-refractivity contribution is 0.210. The van der Waals surface area contributed by atoms with Crippen molar-refractivity contribution in [1.82, 2.24) is 14.9 Å². The first-order valence-electron chi connectivity index (χ1n) is 10.3. The third-order valence-electron chi connectivity index (χ3n) is 5.18. The summed E-state index contributed by atoms with van der Waals surface area (Å²) in [6.07, 6.45) is 5.02. The van der Waals surface area contributed by atoms with Crippen molar-refractivity contribution in [2.45, 2.75) is 38.8 Å². The number of ether oxygens (including phenoxy) is 2. The van der Waals surface area contributed by atoms with Gasteiger partial charge in [0.05, 0.1) is 13.7 Å². The number of fused-ring (bicyclic) bond motifs is 1. The zero-order valence-corrected chi connectivity index (χ0v) is 17.9. The lowest BCUT2D eigenvalue weighted by Crippen LogP contribution is -2.38. The van der Waals surface area contributed by atoms with E-state index in [2.05, 4.69) is 39.2 Å². The van der Waals surface area contributed by atoms with E-state index in [0.717, 1.165) is 65.9 Å². The molecule has 0 atom stereocenters. The Morgan fingerprint density at radius 2 is 2.07 bits per heavy atom. The second-order valence-electron chi connectivity index (χ2n) is 7.38. The third kappa shape index (κ3) is 4.97. The quantitative estimate of drug-likeness (QED) is 0.585. The van der Waals surface area contributed by atoms with E-state index < -0.39 is 0 Å². The standard InChI is InChI=1S/C22H28N4O2S/c1-3-13-28-20-14-16(6-7-19(20)27-2)15-26-11-8-17(9-12-26)24-22-25-18-5-4-10-23-21(18)29-22/h4-7,10,14,17H,3,8-9,11-13,15H2,1-2H3,(H,24,25). The van der Waals surface area contributed by atoms with E-state index in [9.17, 15) is 0 Å². The van der Waals surface area contributed by atoms with Gasteiger partial charge >= 0.3 is 0 Å². The molecule has 1 N–H and O–H groups in total. The molecule has 29 heavy (non-hydrogen) atoms. The van der Waals surface area contributed by atoms with Gasteiger partial charge in [-0.15, -0.1) is 0 Å². The monoisotopic (exact) mass is 412 g/mol. The van der Waals surface area contributed by atoms with Crippen molar-refractivity contribution < 1.29 is 9.47 Å². The van der Waals surface area contributed by atoms with Crippen LogP contribution in [0.5, 0.6) is 11.5 Å². The summed E-state index contributed by atoms with van der Waals surface area (Å²) in [6, 6.07) is 10.7. The van der Waals surface area contributed by atoms with E-state index in [1.165, 1.54) is 5.56 Å². The fourth-order valence-electron chi connectivity index (χ4n) is 3.64. The van der Waals surface area contributed by atoms with Crippen LogP contribution in [0.3, 0.4) is 0 Å². The summed E-state index contributed by atoms with van der Waals surface area (Å²) >= 11 is 1.63. The first-order valence-corrected chi connectivity index (χ1v) is 11.1. The van der Waals surface area contributed by atoms with Crippen molar-refractivity contribution in [2.24, 2.45) is 0 Å². The third-order valence-corrected chi connectivity index (χ3v) is 6.09. The number of methoxy groups -OCH3 is 1. The summed E-state index contributed by atoms with van der Waals surface area (Å²) in [7, 11) is 1.69. The predicted octanol–water partition coefficient (Wildman–Crippen LogP) is 4.57. The lowest BCUT2D eigenvalue weighted by Gasteiger charge is -2.32. The number of aromatic nitrogens is 2. The number of nitrogens with zero attached hydrogens (tertiary/aromatic N) is 3. The number of likely N-dealkylation sites (tertiary alicyclic amines) is 1. The Balaban J connectivity index is 1.31. The molecule has 0 amide bonds. The van der Waals surface area contributed by atoms with Crippen LogP contribution in [0.25, 0.3) is 10.3 Å². The van der Waals surface area contributed by atoms with Crippen LogP contribution in [0.2, 0.25) is 0 Å². The number of anilines is 1. The fourth-order valence-corrected chi connectivity index (χ4v) is 4.53. The van der Waals surface area contributed by atoms with Gasteiger partial charge in [0.2, 0.25) is 0 Å². The highest BCUT2D eigenvalue weighted by Gasteiger charge is 2.20. The molecule has 1 aromatic carbocycles. The van der Waals surface area contributed by atoms with Gasteiger partial charge in [-0.1, -0.05) is 24.3 Å². The van der Waals surface area contributed by atoms with Crippen molar-refractivity contribution in [3.63, 3.8) is 0 Å². The summed E-state index contributed by atoms with van der Waals surface area (Å²) in [5, 5.41) is 4.58. The van der Waals surface area contributed by atoms with Gasteiger partial charge in [0.25, 0.3) is 0 Å². The molecule has 4 rings (SSSR count). The maximum Gasteiger partial charge on any atom is 0.185 e. The van der Waals surface area contributed by atoms with Gasteiger partial charge in [0, 0.05) is 31.9 Å². The molecule has 6 nitrogen and oxygen atoms in total. The topological polar surface area (TPSA) is 59.5 Å². The molecule has 3 heterocycles. The fraction of sp³-hybridized carbons (Fsp3) is 0.455. The zero-order valence-electron chi connectivity index (χ0n) is 17.1. The summed E-state index contributed by atoms with van der Waals surface area (Å²) in [5.74, 6) is 1.64. The molecule has 1 saturated heterocycles. The number of piperidine rings is 1. The van der Waals surface area contributed by atoms with Gasteiger partial charge in [-0.05, 0) is 49.1 Å². The SMILES string of the molecule is CCCOc1cc(CN2CCC(Nc3nc4cccnc4s3)CC2)ccc1OC. The number of pyridine rings is 1. The average molecular weight is 413 g/mol. The molecule has 1 aliphatic rings. The van der Waals surface area contributed by atoms with Gasteiger partial charge in [-0.3, -0.25) is 4.90 Å². The Morgan fingerprint density at radius 3 is 2.83 bits per heavy atom. The normalized spacial score (nSPS) is 15.5. The largest absolute Gasteiger partial charge is 0.493 e. The molecule has 0 saturated carbocycles. The molecule has 0 radical (unpaired) electrons. The molecule has 154 valence electrons. The van der Waals surface area contributed by atoms with Gasteiger partial charge in [-0.25, -0.2) is 9.97 Å².